The van der Waals surface area contributed by atoms with Crippen LogP contribution in [-0.4, -0.2) is 19.1 Å². The molecule has 1 N–H and O–H groups in total. The largest absolute Gasteiger partial charge is 0.483 e. The van der Waals surface area contributed by atoms with Gasteiger partial charge in [-0.15, -0.1) is 0 Å². The Hall–Kier alpha value is -0.740. The summed E-state index contributed by atoms with van der Waals surface area (Å²) in [6.45, 7) is 4.97. The second-order valence-electron chi connectivity index (χ2n) is 4.35. The molecule has 0 aliphatic heterocycles. The number of halogens is 2. The summed E-state index contributed by atoms with van der Waals surface area (Å²) in [4.78, 5) is 11.7. The maximum Gasteiger partial charge on any atom is 0.257 e. The molecule has 3 nitrogen and oxygen atoms in total. The summed E-state index contributed by atoms with van der Waals surface area (Å²) in [6, 6.07) is 5.20. The molecular weight excluding hydrogens is 330 g/mol. The Kier molecular flexibility index (Phi) is 7.24. The molecule has 19 heavy (non-hydrogen) atoms. The normalized spacial score (nSPS) is 10.6. The summed E-state index contributed by atoms with van der Waals surface area (Å²) in [7, 11) is 0. The highest BCUT2D eigenvalue weighted by atomic mass is 79.9. The molecule has 0 fully saturated rings. The quantitative estimate of drug-likeness (QED) is 0.808. The summed E-state index contributed by atoms with van der Waals surface area (Å²) >= 11 is 9.17. The molecule has 1 aromatic rings. The number of amides is 1. The van der Waals surface area contributed by atoms with E-state index in [-0.39, 0.29) is 12.5 Å². The topological polar surface area (TPSA) is 38.3 Å². The van der Waals surface area contributed by atoms with E-state index in [9.17, 15) is 4.79 Å². The van der Waals surface area contributed by atoms with Crippen molar-refractivity contribution in [3.8, 4) is 5.75 Å². The zero-order valence-corrected chi connectivity index (χ0v) is 13.6. The van der Waals surface area contributed by atoms with Crippen molar-refractivity contribution in [3.63, 3.8) is 0 Å². The minimum atomic E-state index is -0.103. The van der Waals surface area contributed by atoms with E-state index in [1.54, 1.807) is 18.2 Å². The lowest BCUT2D eigenvalue weighted by atomic mass is 10.0. The number of hydrogen-bond acceptors (Lipinski definition) is 2. The Labute approximate surface area is 127 Å². The molecule has 0 radical (unpaired) electrons. The molecule has 1 aromatic carbocycles. The van der Waals surface area contributed by atoms with E-state index in [0.717, 1.165) is 17.3 Å². The molecule has 0 unspecified atom stereocenters. The molecule has 0 spiro atoms. The number of hydrogen-bond donors (Lipinski definition) is 1. The van der Waals surface area contributed by atoms with Gasteiger partial charge in [-0.2, -0.15) is 0 Å². The molecule has 0 saturated heterocycles. The summed E-state index contributed by atoms with van der Waals surface area (Å²) in [5.74, 6) is 1.04. The second-order valence-corrected chi connectivity index (χ2v) is 5.64. The van der Waals surface area contributed by atoms with Gasteiger partial charge in [0.1, 0.15) is 5.75 Å². The van der Waals surface area contributed by atoms with Gasteiger partial charge in [0.25, 0.3) is 5.91 Å². The molecule has 0 aliphatic rings. The molecule has 0 aromatic heterocycles. The fourth-order valence-electron chi connectivity index (χ4n) is 1.62. The Morgan fingerprint density at radius 3 is 2.68 bits per heavy atom. The van der Waals surface area contributed by atoms with Gasteiger partial charge in [0.2, 0.25) is 0 Å². The number of rotatable bonds is 7. The smallest absolute Gasteiger partial charge is 0.257 e. The predicted molar refractivity (Wildman–Crippen MR) is 81.7 cm³/mol. The molecule has 0 heterocycles. The number of benzene rings is 1. The van der Waals surface area contributed by atoms with E-state index in [1.807, 2.05) is 0 Å². The van der Waals surface area contributed by atoms with Crippen LogP contribution in [0, 0.1) is 5.92 Å². The lowest BCUT2D eigenvalue weighted by Crippen LogP contribution is -2.32. The van der Waals surface area contributed by atoms with Crippen molar-refractivity contribution in [2.24, 2.45) is 5.92 Å². The van der Waals surface area contributed by atoms with Crippen LogP contribution in [0.2, 0.25) is 5.02 Å². The first kappa shape index (κ1) is 16.3. The zero-order valence-electron chi connectivity index (χ0n) is 11.2. The standard InChI is InChI=1S/C14H19BrClNO2/c1-3-10(4-2)8-17-14(18)9-19-13-6-5-11(16)7-12(13)15/h5-7,10H,3-4,8-9H2,1-2H3,(H,17,18). The molecule has 5 heteroatoms. The van der Waals surface area contributed by atoms with Crippen LogP contribution in [0.4, 0.5) is 0 Å². The highest BCUT2D eigenvalue weighted by Gasteiger charge is 2.08. The highest BCUT2D eigenvalue weighted by Crippen LogP contribution is 2.27. The van der Waals surface area contributed by atoms with Gasteiger partial charge < -0.3 is 10.1 Å². The molecule has 0 atom stereocenters. The molecule has 0 saturated carbocycles. The third-order valence-electron chi connectivity index (χ3n) is 3.00. The van der Waals surface area contributed by atoms with Crippen molar-refractivity contribution in [1.29, 1.82) is 0 Å². The molecule has 1 rings (SSSR count). The van der Waals surface area contributed by atoms with E-state index in [1.165, 1.54) is 0 Å². The third-order valence-corrected chi connectivity index (χ3v) is 3.85. The van der Waals surface area contributed by atoms with Crippen molar-refractivity contribution in [2.45, 2.75) is 26.7 Å². The summed E-state index contributed by atoms with van der Waals surface area (Å²) < 4.78 is 6.18. The van der Waals surface area contributed by atoms with Crippen LogP contribution in [0.25, 0.3) is 0 Å². The molecule has 1 amide bonds. The van der Waals surface area contributed by atoms with Crippen molar-refractivity contribution in [3.05, 3.63) is 27.7 Å². The lowest BCUT2D eigenvalue weighted by Gasteiger charge is -2.14. The average molecular weight is 349 g/mol. The first-order valence-corrected chi connectivity index (χ1v) is 7.58. The monoisotopic (exact) mass is 347 g/mol. The minimum Gasteiger partial charge on any atom is -0.483 e. The molecule has 0 bridgehead atoms. The maximum atomic E-state index is 11.7. The highest BCUT2D eigenvalue weighted by molar-refractivity contribution is 9.10. The van der Waals surface area contributed by atoms with Crippen LogP contribution < -0.4 is 10.1 Å². The average Bonchev–Trinajstić information content (AvgIpc) is 2.39. The number of ether oxygens (including phenoxy) is 1. The maximum absolute atomic E-state index is 11.7. The molecular formula is C14H19BrClNO2. The van der Waals surface area contributed by atoms with Crippen molar-refractivity contribution in [2.75, 3.05) is 13.2 Å². The SMILES string of the molecule is CCC(CC)CNC(=O)COc1ccc(Cl)cc1Br. The van der Waals surface area contributed by atoms with Gasteiger partial charge >= 0.3 is 0 Å². The third kappa shape index (κ3) is 5.83. The zero-order chi connectivity index (χ0) is 14.3. The van der Waals surface area contributed by atoms with Crippen LogP contribution in [0.1, 0.15) is 26.7 Å². The number of carbonyl (C=O) groups excluding carboxylic acids is 1. The van der Waals surface area contributed by atoms with Gasteiger partial charge in [-0.3, -0.25) is 4.79 Å². The molecule has 0 aliphatic carbocycles. The summed E-state index contributed by atoms with van der Waals surface area (Å²) in [5.41, 5.74) is 0. The Morgan fingerprint density at radius 2 is 2.11 bits per heavy atom. The van der Waals surface area contributed by atoms with Crippen molar-refractivity contribution in [1.82, 2.24) is 5.32 Å². The Balaban J connectivity index is 2.37. The van der Waals surface area contributed by atoms with Crippen LogP contribution in [0.3, 0.4) is 0 Å². The van der Waals surface area contributed by atoms with Gasteiger partial charge in [0, 0.05) is 11.6 Å². The fraction of sp³-hybridized carbons (Fsp3) is 0.500. The van der Waals surface area contributed by atoms with E-state index in [0.29, 0.717) is 23.2 Å². The van der Waals surface area contributed by atoms with Crippen LogP contribution in [-0.2, 0) is 4.79 Å². The Bertz CT molecular complexity index is 422. The summed E-state index contributed by atoms with van der Waals surface area (Å²) in [5, 5.41) is 3.50. The van der Waals surface area contributed by atoms with Gasteiger partial charge in [-0.1, -0.05) is 38.3 Å². The number of nitrogens with one attached hydrogen (secondary N) is 1. The fourth-order valence-corrected chi connectivity index (χ4v) is 2.42. The Morgan fingerprint density at radius 1 is 1.42 bits per heavy atom. The van der Waals surface area contributed by atoms with Crippen LogP contribution in [0.5, 0.6) is 5.75 Å². The van der Waals surface area contributed by atoms with E-state index in [4.69, 9.17) is 16.3 Å². The second kappa shape index (κ2) is 8.43. The number of carbonyl (C=O) groups is 1. The van der Waals surface area contributed by atoms with Gasteiger partial charge in [-0.05, 0) is 40.0 Å². The first-order chi connectivity index (χ1) is 9.06. The van der Waals surface area contributed by atoms with Gasteiger partial charge in [-0.25, -0.2) is 0 Å². The van der Waals surface area contributed by atoms with Gasteiger partial charge in [0.15, 0.2) is 6.61 Å². The van der Waals surface area contributed by atoms with Crippen molar-refractivity contribution < 1.29 is 9.53 Å². The minimum absolute atomic E-state index is 0.0143. The molecule has 106 valence electrons. The van der Waals surface area contributed by atoms with Crippen LogP contribution >= 0.6 is 27.5 Å². The van der Waals surface area contributed by atoms with E-state index >= 15 is 0 Å². The first-order valence-electron chi connectivity index (χ1n) is 6.41. The summed E-state index contributed by atoms with van der Waals surface area (Å²) in [6.07, 6.45) is 2.14. The van der Waals surface area contributed by atoms with Crippen LogP contribution in [0.15, 0.2) is 22.7 Å². The lowest BCUT2D eigenvalue weighted by molar-refractivity contribution is -0.123. The van der Waals surface area contributed by atoms with E-state index < -0.39 is 0 Å². The van der Waals surface area contributed by atoms with E-state index in [2.05, 4.69) is 35.1 Å². The van der Waals surface area contributed by atoms with Gasteiger partial charge in [0.05, 0.1) is 4.47 Å². The predicted octanol–water partition coefficient (Wildman–Crippen LogP) is 4.03. The van der Waals surface area contributed by atoms with Crippen molar-refractivity contribution >= 4 is 33.4 Å².